The van der Waals surface area contributed by atoms with E-state index in [-0.39, 0.29) is 12.2 Å². The molecule has 2 aromatic carbocycles. The molecule has 5 rings (SSSR count). The molecule has 0 radical (unpaired) electrons. The standard InChI is InChI=1S/C22H22FN5O2/c1-12-25-18-10-14(9-17(23)21(18)26-12)27-22-24-11-13-3-2-4-19(20(13)28-22)30-16-7-5-15(29)6-8-16/h2-4,9-11,15-16,29H,5-8H2,1H3,(H,25,26)(H,24,27,28)/t15-,16+. The molecule has 30 heavy (non-hydrogen) atoms. The molecule has 4 aromatic rings. The van der Waals surface area contributed by atoms with E-state index in [1.165, 1.54) is 6.07 Å². The van der Waals surface area contributed by atoms with E-state index in [1.807, 2.05) is 18.2 Å². The number of imidazole rings is 1. The number of aryl methyl sites for hydroxylation is 1. The van der Waals surface area contributed by atoms with Gasteiger partial charge in [0.25, 0.3) is 0 Å². The van der Waals surface area contributed by atoms with Gasteiger partial charge in [-0.3, -0.25) is 0 Å². The predicted molar refractivity (Wildman–Crippen MR) is 113 cm³/mol. The highest BCUT2D eigenvalue weighted by Crippen LogP contribution is 2.30. The molecule has 2 heterocycles. The quantitative estimate of drug-likeness (QED) is 0.465. The van der Waals surface area contributed by atoms with Crippen LogP contribution in [-0.4, -0.2) is 37.3 Å². The number of para-hydroxylation sites is 1. The third-order valence-corrected chi connectivity index (χ3v) is 5.43. The summed E-state index contributed by atoms with van der Waals surface area (Å²) in [5, 5.41) is 13.6. The van der Waals surface area contributed by atoms with E-state index in [0.717, 1.165) is 31.1 Å². The summed E-state index contributed by atoms with van der Waals surface area (Å²) in [6, 6.07) is 8.89. The van der Waals surface area contributed by atoms with E-state index in [9.17, 15) is 9.50 Å². The average molecular weight is 407 g/mol. The molecule has 1 aliphatic rings. The smallest absolute Gasteiger partial charge is 0.227 e. The summed E-state index contributed by atoms with van der Waals surface area (Å²) in [5.41, 5.74) is 2.15. The van der Waals surface area contributed by atoms with Crippen molar-refractivity contribution in [3.63, 3.8) is 0 Å². The number of H-pyrrole nitrogens is 1. The molecule has 2 aromatic heterocycles. The van der Waals surface area contributed by atoms with Gasteiger partial charge in [0.05, 0.1) is 17.7 Å². The number of aliphatic hydroxyl groups excluding tert-OH is 1. The molecule has 8 heteroatoms. The largest absolute Gasteiger partial charge is 0.488 e. The molecule has 3 N–H and O–H groups in total. The van der Waals surface area contributed by atoms with Gasteiger partial charge in [-0.25, -0.2) is 19.3 Å². The molecule has 1 fully saturated rings. The molecule has 0 unspecified atom stereocenters. The molecule has 1 aliphatic carbocycles. The molecular formula is C22H22FN5O2. The molecule has 7 nitrogen and oxygen atoms in total. The van der Waals surface area contributed by atoms with Crippen molar-refractivity contribution in [3.8, 4) is 5.75 Å². The average Bonchev–Trinajstić information content (AvgIpc) is 3.11. The number of halogens is 1. The number of aromatic nitrogens is 4. The van der Waals surface area contributed by atoms with Crippen LogP contribution in [0.25, 0.3) is 21.9 Å². The van der Waals surface area contributed by atoms with Crippen molar-refractivity contribution in [1.29, 1.82) is 0 Å². The topological polar surface area (TPSA) is 96.0 Å². The molecule has 1 saturated carbocycles. The summed E-state index contributed by atoms with van der Waals surface area (Å²) < 4.78 is 20.6. The van der Waals surface area contributed by atoms with Gasteiger partial charge >= 0.3 is 0 Å². The lowest BCUT2D eigenvalue weighted by molar-refractivity contribution is 0.0672. The van der Waals surface area contributed by atoms with E-state index < -0.39 is 5.82 Å². The van der Waals surface area contributed by atoms with E-state index in [0.29, 0.717) is 39.8 Å². The number of ether oxygens (including phenoxy) is 1. The third kappa shape index (κ3) is 3.66. The van der Waals surface area contributed by atoms with Crippen LogP contribution in [-0.2, 0) is 0 Å². The zero-order valence-electron chi connectivity index (χ0n) is 16.5. The zero-order valence-corrected chi connectivity index (χ0v) is 16.5. The fourth-order valence-electron chi connectivity index (χ4n) is 3.93. The highest BCUT2D eigenvalue weighted by atomic mass is 19.1. The second-order valence-corrected chi connectivity index (χ2v) is 7.74. The van der Waals surface area contributed by atoms with E-state index in [2.05, 4.69) is 25.3 Å². The first-order chi connectivity index (χ1) is 14.5. The maximum absolute atomic E-state index is 14.4. The van der Waals surface area contributed by atoms with Gasteiger partial charge in [-0.05, 0) is 50.8 Å². The SMILES string of the molecule is Cc1nc2c(F)cc(Nc3ncc4cccc(O[C@H]5CC[C@@H](O)CC5)c4n3)cc2[nH]1. The van der Waals surface area contributed by atoms with Crippen LogP contribution in [0.1, 0.15) is 31.5 Å². The maximum atomic E-state index is 14.4. The Morgan fingerprint density at radius 2 is 1.97 bits per heavy atom. The number of nitrogens with zero attached hydrogens (tertiary/aromatic N) is 3. The van der Waals surface area contributed by atoms with Crippen molar-refractivity contribution in [2.45, 2.75) is 44.8 Å². The van der Waals surface area contributed by atoms with Gasteiger partial charge in [0.1, 0.15) is 22.6 Å². The van der Waals surface area contributed by atoms with Crippen LogP contribution >= 0.6 is 0 Å². The monoisotopic (exact) mass is 407 g/mol. The summed E-state index contributed by atoms with van der Waals surface area (Å²) in [4.78, 5) is 16.2. The van der Waals surface area contributed by atoms with Crippen molar-refractivity contribution in [2.24, 2.45) is 0 Å². The highest BCUT2D eigenvalue weighted by molar-refractivity contribution is 5.85. The summed E-state index contributed by atoms with van der Waals surface area (Å²) in [7, 11) is 0. The van der Waals surface area contributed by atoms with Gasteiger partial charge in [-0.2, -0.15) is 0 Å². The van der Waals surface area contributed by atoms with Crippen LogP contribution in [0.15, 0.2) is 36.5 Å². The van der Waals surface area contributed by atoms with Crippen molar-refractivity contribution < 1.29 is 14.2 Å². The van der Waals surface area contributed by atoms with Crippen molar-refractivity contribution in [1.82, 2.24) is 19.9 Å². The molecule has 0 atom stereocenters. The summed E-state index contributed by atoms with van der Waals surface area (Å²) in [6.07, 6.45) is 4.68. The lowest BCUT2D eigenvalue weighted by atomic mass is 9.95. The van der Waals surface area contributed by atoms with Crippen molar-refractivity contribution in [3.05, 3.63) is 48.2 Å². The van der Waals surface area contributed by atoms with Crippen LogP contribution in [0.2, 0.25) is 0 Å². The van der Waals surface area contributed by atoms with E-state index in [1.54, 1.807) is 19.2 Å². The van der Waals surface area contributed by atoms with E-state index >= 15 is 0 Å². The lowest BCUT2D eigenvalue weighted by Crippen LogP contribution is -2.26. The second-order valence-electron chi connectivity index (χ2n) is 7.74. The highest BCUT2D eigenvalue weighted by Gasteiger charge is 2.21. The number of aliphatic hydroxyl groups is 1. The van der Waals surface area contributed by atoms with E-state index in [4.69, 9.17) is 4.74 Å². The van der Waals surface area contributed by atoms with Gasteiger partial charge in [-0.15, -0.1) is 0 Å². The Labute approximate surface area is 172 Å². The van der Waals surface area contributed by atoms with Crippen LogP contribution in [0, 0.1) is 12.7 Å². The fraction of sp³-hybridized carbons (Fsp3) is 0.318. The fourth-order valence-corrected chi connectivity index (χ4v) is 3.93. The Kier molecular flexibility index (Phi) is 4.71. The van der Waals surface area contributed by atoms with Gasteiger partial charge in [0.2, 0.25) is 5.95 Å². The first-order valence-corrected chi connectivity index (χ1v) is 10.1. The first-order valence-electron chi connectivity index (χ1n) is 10.1. The first kappa shape index (κ1) is 18.7. The van der Waals surface area contributed by atoms with Crippen LogP contribution in [0.3, 0.4) is 0 Å². The molecule has 0 spiro atoms. The van der Waals surface area contributed by atoms with Crippen molar-refractivity contribution in [2.75, 3.05) is 5.32 Å². The molecule has 0 amide bonds. The molecule has 0 bridgehead atoms. The molecule has 0 aliphatic heterocycles. The number of hydrogen-bond acceptors (Lipinski definition) is 6. The number of rotatable bonds is 4. The van der Waals surface area contributed by atoms with Crippen LogP contribution in [0.4, 0.5) is 16.0 Å². The number of benzene rings is 2. The minimum atomic E-state index is -0.413. The van der Waals surface area contributed by atoms with Gasteiger partial charge in [-0.1, -0.05) is 12.1 Å². The number of fused-ring (bicyclic) bond motifs is 2. The summed E-state index contributed by atoms with van der Waals surface area (Å²) in [6.45, 7) is 1.79. The normalized spacial score (nSPS) is 19.3. The molecule has 154 valence electrons. The van der Waals surface area contributed by atoms with Gasteiger partial charge < -0.3 is 20.1 Å². The Hall–Kier alpha value is -3.26. The Balaban J connectivity index is 1.44. The molecule has 0 saturated heterocycles. The predicted octanol–water partition coefficient (Wildman–Crippen LogP) is 4.38. The minimum Gasteiger partial charge on any atom is -0.488 e. The zero-order chi connectivity index (χ0) is 20.7. The summed E-state index contributed by atoms with van der Waals surface area (Å²) >= 11 is 0. The Morgan fingerprint density at radius 3 is 2.80 bits per heavy atom. The Bertz CT molecular complexity index is 1220. The number of aromatic amines is 1. The summed E-state index contributed by atoms with van der Waals surface area (Å²) in [5.74, 6) is 1.28. The van der Waals surface area contributed by atoms with Crippen LogP contribution in [0.5, 0.6) is 5.75 Å². The Morgan fingerprint density at radius 1 is 1.13 bits per heavy atom. The number of anilines is 2. The number of nitrogens with one attached hydrogen (secondary N) is 2. The lowest BCUT2D eigenvalue weighted by Gasteiger charge is -2.26. The molecular weight excluding hydrogens is 385 g/mol. The maximum Gasteiger partial charge on any atom is 0.227 e. The third-order valence-electron chi connectivity index (χ3n) is 5.43. The minimum absolute atomic E-state index is 0.0606. The van der Waals surface area contributed by atoms with Crippen LogP contribution < -0.4 is 10.1 Å². The van der Waals surface area contributed by atoms with Crippen molar-refractivity contribution >= 4 is 33.6 Å². The van der Waals surface area contributed by atoms with Gasteiger partial charge in [0, 0.05) is 17.3 Å². The van der Waals surface area contributed by atoms with Gasteiger partial charge in [0.15, 0.2) is 5.82 Å². The second kappa shape index (κ2) is 7.53. The number of hydrogen-bond donors (Lipinski definition) is 3.